The highest BCUT2D eigenvalue weighted by Gasteiger charge is 2.10. The largest absolute Gasteiger partial charge is 0.477 e. The number of hydrogen-bond donors (Lipinski definition) is 3. The van der Waals surface area contributed by atoms with Crippen LogP contribution in [0, 0.1) is 11.3 Å². The van der Waals surface area contributed by atoms with Gasteiger partial charge in [0.1, 0.15) is 5.71 Å². The molecule has 0 aromatic heterocycles. The van der Waals surface area contributed by atoms with Crippen molar-refractivity contribution in [3.05, 3.63) is 0 Å². The second kappa shape index (κ2) is 7.84. The van der Waals surface area contributed by atoms with Gasteiger partial charge in [-0.25, -0.2) is 4.79 Å². The molecule has 0 saturated heterocycles. The maximum absolute atomic E-state index is 10.7. The molecule has 1 atom stereocenters. The van der Waals surface area contributed by atoms with Crippen molar-refractivity contribution in [2.45, 2.75) is 39.5 Å². The lowest BCUT2D eigenvalue weighted by Gasteiger charge is -2.14. The summed E-state index contributed by atoms with van der Waals surface area (Å²) in [4.78, 5) is 21.1. The fourth-order valence-electron chi connectivity index (χ4n) is 1.41. The Morgan fingerprint density at radius 2 is 2.06 bits per heavy atom. The Hall–Kier alpha value is -1.39. The first-order chi connectivity index (χ1) is 7.47. The van der Waals surface area contributed by atoms with Crippen LogP contribution in [0.5, 0.6) is 0 Å². The molecule has 0 fully saturated rings. The van der Waals surface area contributed by atoms with Gasteiger partial charge in [-0.15, -0.1) is 0 Å². The van der Waals surface area contributed by atoms with Crippen LogP contribution in [0.2, 0.25) is 0 Å². The molecule has 0 aliphatic heterocycles. The van der Waals surface area contributed by atoms with E-state index in [1.807, 2.05) is 6.92 Å². The van der Waals surface area contributed by atoms with Crippen molar-refractivity contribution in [3.8, 4) is 0 Å². The van der Waals surface area contributed by atoms with E-state index in [1.54, 1.807) is 0 Å². The Morgan fingerprint density at radius 1 is 1.44 bits per heavy atom. The van der Waals surface area contributed by atoms with E-state index >= 15 is 0 Å². The van der Waals surface area contributed by atoms with Crippen LogP contribution in [0.15, 0.2) is 0 Å². The maximum Gasteiger partial charge on any atom is 0.349 e. The predicted molar refractivity (Wildman–Crippen MR) is 61.7 cm³/mol. The van der Waals surface area contributed by atoms with Crippen molar-refractivity contribution in [2.75, 3.05) is 6.54 Å². The summed E-state index contributed by atoms with van der Waals surface area (Å²) in [6.45, 7) is 4.15. The Morgan fingerprint density at radius 3 is 2.50 bits per heavy atom. The van der Waals surface area contributed by atoms with E-state index in [9.17, 15) is 9.59 Å². The molecule has 5 heteroatoms. The van der Waals surface area contributed by atoms with Gasteiger partial charge in [-0.2, -0.15) is 0 Å². The summed E-state index contributed by atoms with van der Waals surface area (Å²) < 4.78 is 0. The second-order valence-corrected chi connectivity index (χ2v) is 3.89. The van der Waals surface area contributed by atoms with Gasteiger partial charge in [-0.05, 0) is 25.2 Å². The third kappa shape index (κ3) is 6.98. The van der Waals surface area contributed by atoms with E-state index in [2.05, 4.69) is 5.32 Å². The van der Waals surface area contributed by atoms with Crippen molar-refractivity contribution in [3.63, 3.8) is 0 Å². The van der Waals surface area contributed by atoms with E-state index in [4.69, 9.17) is 10.5 Å². The number of carboxylic acids is 1. The fourth-order valence-corrected chi connectivity index (χ4v) is 1.41. The Bertz CT molecular complexity index is 264. The standard InChI is InChI=1S/C11H20N2O3/c1-3-9(7-13-8(2)14)5-4-6-10(12)11(15)16/h9,12H,3-7H2,1-2H3,(H,13,14)(H,15,16). The van der Waals surface area contributed by atoms with Crippen molar-refractivity contribution >= 4 is 17.6 Å². The zero-order valence-electron chi connectivity index (χ0n) is 9.88. The quantitative estimate of drug-likeness (QED) is 0.549. The Kier molecular flexibility index (Phi) is 7.16. The molecule has 0 rings (SSSR count). The van der Waals surface area contributed by atoms with Gasteiger partial charge in [0.25, 0.3) is 0 Å². The number of rotatable bonds is 8. The average Bonchev–Trinajstić information content (AvgIpc) is 2.22. The summed E-state index contributed by atoms with van der Waals surface area (Å²) in [6, 6.07) is 0. The Balaban J connectivity index is 3.74. The van der Waals surface area contributed by atoms with Gasteiger partial charge in [0, 0.05) is 13.5 Å². The number of aliphatic carboxylic acids is 1. The first kappa shape index (κ1) is 14.6. The molecule has 0 radical (unpaired) electrons. The zero-order chi connectivity index (χ0) is 12.6. The van der Waals surface area contributed by atoms with Gasteiger partial charge < -0.3 is 10.4 Å². The lowest BCUT2D eigenvalue weighted by Crippen LogP contribution is -2.26. The second-order valence-electron chi connectivity index (χ2n) is 3.89. The maximum atomic E-state index is 10.7. The molecule has 0 saturated carbocycles. The van der Waals surface area contributed by atoms with E-state index in [0.717, 1.165) is 12.8 Å². The number of carbonyl (C=O) groups excluding carboxylic acids is 1. The topological polar surface area (TPSA) is 90.2 Å². The van der Waals surface area contributed by atoms with Crippen molar-refractivity contribution in [1.29, 1.82) is 5.41 Å². The third-order valence-corrected chi connectivity index (χ3v) is 2.51. The zero-order valence-corrected chi connectivity index (χ0v) is 9.88. The van der Waals surface area contributed by atoms with Crippen molar-refractivity contribution < 1.29 is 14.7 Å². The average molecular weight is 228 g/mol. The fraction of sp³-hybridized carbons (Fsp3) is 0.727. The summed E-state index contributed by atoms with van der Waals surface area (Å²) in [5.41, 5.74) is -0.241. The van der Waals surface area contributed by atoms with Crippen LogP contribution in [-0.2, 0) is 9.59 Å². The minimum Gasteiger partial charge on any atom is -0.477 e. The van der Waals surface area contributed by atoms with Crippen LogP contribution in [0.1, 0.15) is 39.5 Å². The molecule has 16 heavy (non-hydrogen) atoms. The van der Waals surface area contributed by atoms with Crippen LogP contribution < -0.4 is 5.32 Å². The third-order valence-electron chi connectivity index (χ3n) is 2.51. The van der Waals surface area contributed by atoms with E-state index in [-0.39, 0.29) is 11.6 Å². The first-order valence-electron chi connectivity index (χ1n) is 5.52. The van der Waals surface area contributed by atoms with Crippen LogP contribution in [0.3, 0.4) is 0 Å². The molecule has 3 N–H and O–H groups in total. The molecule has 0 aromatic rings. The summed E-state index contributed by atoms with van der Waals surface area (Å²) >= 11 is 0. The van der Waals surface area contributed by atoms with Gasteiger partial charge >= 0.3 is 5.97 Å². The molecule has 1 unspecified atom stereocenters. The van der Waals surface area contributed by atoms with Gasteiger partial charge in [-0.1, -0.05) is 13.3 Å². The van der Waals surface area contributed by atoms with E-state index < -0.39 is 5.97 Å². The predicted octanol–water partition coefficient (Wildman–Crippen LogP) is 1.42. The molecular weight excluding hydrogens is 208 g/mol. The molecule has 92 valence electrons. The number of carboxylic acid groups (broad SMARTS) is 1. The number of nitrogens with one attached hydrogen (secondary N) is 2. The molecule has 0 spiro atoms. The van der Waals surface area contributed by atoms with Crippen LogP contribution >= 0.6 is 0 Å². The van der Waals surface area contributed by atoms with Crippen molar-refractivity contribution in [2.24, 2.45) is 5.92 Å². The van der Waals surface area contributed by atoms with Crippen molar-refractivity contribution in [1.82, 2.24) is 5.32 Å². The smallest absolute Gasteiger partial charge is 0.349 e. The van der Waals surface area contributed by atoms with E-state index in [0.29, 0.717) is 25.3 Å². The first-order valence-corrected chi connectivity index (χ1v) is 5.52. The SMILES string of the molecule is CCC(CCCC(=N)C(=O)O)CNC(C)=O. The minimum absolute atomic E-state index is 0.0447. The van der Waals surface area contributed by atoms with Gasteiger partial charge in [0.15, 0.2) is 0 Å². The van der Waals surface area contributed by atoms with Gasteiger partial charge in [0.05, 0.1) is 0 Å². The monoisotopic (exact) mass is 228 g/mol. The van der Waals surface area contributed by atoms with E-state index in [1.165, 1.54) is 6.92 Å². The number of carbonyl (C=O) groups is 2. The van der Waals surface area contributed by atoms with Crippen LogP contribution in [0.25, 0.3) is 0 Å². The summed E-state index contributed by atoms with van der Waals surface area (Å²) in [7, 11) is 0. The molecule has 0 heterocycles. The lowest BCUT2D eigenvalue weighted by molar-refractivity contribution is -0.129. The van der Waals surface area contributed by atoms with Crippen LogP contribution in [0.4, 0.5) is 0 Å². The molecule has 0 aliphatic rings. The van der Waals surface area contributed by atoms with Gasteiger partial charge in [-0.3, -0.25) is 10.2 Å². The highest BCUT2D eigenvalue weighted by Crippen LogP contribution is 2.11. The molecule has 0 aliphatic carbocycles. The molecule has 5 nitrogen and oxygen atoms in total. The molecule has 0 aromatic carbocycles. The van der Waals surface area contributed by atoms with Gasteiger partial charge in [0.2, 0.25) is 5.91 Å². The Labute approximate surface area is 95.7 Å². The normalized spacial score (nSPS) is 11.9. The molecule has 1 amide bonds. The lowest BCUT2D eigenvalue weighted by atomic mass is 9.98. The number of amides is 1. The highest BCUT2D eigenvalue weighted by molar-refractivity contribution is 6.34. The minimum atomic E-state index is -1.14. The summed E-state index contributed by atoms with van der Waals surface area (Å²) in [5.74, 6) is -0.822. The summed E-state index contributed by atoms with van der Waals surface area (Å²) in [5, 5.41) is 18.4. The van der Waals surface area contributed by atoms with Crippen LogP contribution in [-0.4, -0.2) is 29.2 Å². The number of hydrogen-bond acceptors (Lipinski definition) is 3. The molecular formula is C11H20N2O3. The highest BCUT2D eigenvalue weighted by atomic mass is 16.4. The summed E-state index contributed by atoms with van der Waals surface area (Å²) in [6.07, 6.45) is 2.77. The molecule has 0 bridgehead atoms.